The van der Waals surface area contributed by atoms with Crippen molar-refractivity contribution in [2.45, 2.75) is 122 Å². The minimum atomic E-state index is -1.19. The van der Waals surface area contributed by atoms with Gasteiger partial charge in [0.2, 0.25) is 0 Å². The van der Waals surface area contributed by atoms with Gasteiger partial charge in [0.25, 0.3) is 0 Å². The average molecular weight is 811 g/mol. The number of ketones is 1. The maximum Gasteiger partial charge on any atom is 0.308 e. The number of benzene rings is 1. The smallest absolute Gasteiger partial charge is 0.308 e. The number of alkyl halides is 1. The summed E-state index contributed by atoms with van der Waals surface area (Å²) in [6, 6.07) is 7.76. The largest absolute Gasteiger partial charge is 0.462 e. The van der Waals surface area contributed by atoms with E-state index in [1.807, 2.05) is 33.8 Å². The third-order valence-electron chi connectivity index (χ3n) is 10.9. The molecular weight excluding hydrogens is 751 g/mol. The van der Waals surface area contributed by atoms with Crippen molar-refractivity contribution in [3.8, 4) is 0 Å². The van der Waals surface area contributed by atoms with E-state index in [0.29, 0.717) is 19.3 Å². The summed E-state index contributed by atoms with van der Waals surface area (Å²) in [7, 11) is 3.58. The monoisotopic (exact) mass is 810 g/mol. The van der Waals surface area contributed by atoms with E-state index in [4.69, 9.17) is 14.2 Å². The molecule has 3 heterocycles. The van der Waals surface area contributed by atoms with Gasteiger partial charge in [0, 0.05) is 35.3 Å². The van der Waals surface area contributed by atoms with Crippen LogP contribution in [0.3, 0.4) is 0 Å². The summed E-state index contributed by atoms with van der Waals surface area (Å²) in [4.78, 5) is 31.1. The van der Waals surface area contributed by atoms with Gasteiger partial charge in [-0.05, 0) is 76.9 Å². The number of rotatable bonds is 8. The zero-order chi connectivity index (χ0) is 36.7. The summed E-state index contributed by atoms with van der Waals surface area (Å²) >= 11 is 2.29. The van der Waals surface area contributed by atoms with Crippen molar-refractivity contribution >= 4 is 34.3 Å². The van der Waals surface area contributed by atoms with E-state index in [1.165, 1.54) is 11.1 Å². The number of ether oxygens (including phenoxy) is 3. The van der Waals surface area contributed by atoms with E-state index in [-0.39, 0.29) is 36.1 Å². The van der Waals surface area contributed by atoms with E-state index < -0.39 is 54.7 Å². The summed E-state index contributed by atoms with van der Waals surface area (Å²) < 4.78 is 19.5. The first-order valence-electron chi connectivity index (χ1n) is 18.2. The highest BCUT2D eigenvalue weighted by Gasteiger charge is 2.47. The number of esters is 1. The Balaban J connectivity index is 1.70. The molecule has 12 atom stereocenters. The Bertz CT molecular complexity index is 1310. The first-order chi connectivity index (χ1) is 23.7. The molecule has 0 radical (unpaired) electrons. The lowest BCUT2D eigenvalue weighted by atomic mass is 9.79. The van der Waals surface area contributed by atoms with Gasteiger partial charge in [-0.3, -0.25) is 14.5 Å². The molecule has 4 rings (SSSR count). The maximum atomic E-state index is 13.6. The van der Waals surface area contributed by atoms with E-state index in [0.717, 1.165) is 29.6 Å². The van der Waals surface area contributed by atoms with Gasteiger partial charge in [-0.1, -0.05) is 85.4 Å². The normalized spacial score (nSPS) is 38.4. The summed E-state index contributed by atoms with van der Waals surface area (Å²) in [5, 5.41) is 34.1. The average Bonchev–Trinajstić information content (AvgIpc) is 3.50. The molecule has 0 bridgehead atoms. The SMILES string of the molecule is CC[C@H]1OC(=O)C[C@@H](O)[C@H](C)[C@@H](O[C@@H]2O[C@H](C)[C@@H](O)[C@H](N(C)C)[C@H]2O)[C@@H](CCN2Cc3ccccc3C2)C[C@@H](C)C(=O)/C=C\C(C)=C/[C@@H]1CI. The molecular formula is C39H59IN2O8. The highest BCUT2D eigenvalue weighted by atomic mass is 127. The molecule has 1 fully saturated rings. The van der Waals surface area contributed by atoms with Gasteiger partial charge in [-0.15, -0.1) is 0 Å². The quantitative estimate of drug-likeness (QED) is 0.194. The van der Waals surface area contributed by atoms with Crippen LogP contribution >= 0.6 is 22.6 Å². The predicted molar refractivity (Wildman–Crippen MR) is 201 cm³/mol. The highest BCUT2D eigenvalue weighted by Crippen LogP contribution is 2.35. The number of likely N-dealkylation sites (N-methyl/N-ethyl adjacent to an activating group) is 1. The second-order valence-corrected chi connectivity index (χ2v) is 15.8. The molecule has 1 saturated heterocycles. The molecule has 0 aliphatic carbocycles. The molecule has 1 aromatic rings. The van der Waals surface area contributed by atoms with Crippen LogP contribution in [0.15, 0.2) is 48.1 Å². The summed E-state index contributed by atoms with van der Waals surface area (Å²) in [5.41, 5.74) is 3.52. The Hall–Kier alpha value is -1.71. The third-order valence-corrected chi connectivity index (χ3v) is 11.9. The zero-order valence-corrected chi connectivity index (χ0v) is 32.9. The number of halogens is 1. The second-order valence-electron chi connectivity index (χ2n) is 14.9. The first kappa shape index (κ1) is 41.1. The molecule has 1 aromatic carbocycles. The molecule has 0 spiro atoms. The van der Waals surface area contributed by atoms with Crippen LogP contribution < -0.4 is 0 Å². The molecule has 3 aliphatic rings. The van der Waals surface area contributed by atoms with Crippen molar-refractivity contribution in [1.29, 1.82) is 0 Å². The molecule has 0 amide bonds. The Kier molecular flexibility index (Phi) is 15.5. The topological polar surface area (TPSA) is 129 Å². The number of allylic oxidation sites excluding steroid dienone is 3. The standard InChI is InChI=1S/C39H59IN2O8/c1-8-33-30(20-40)17-23(2)13-14-31(43)24(3)18-27(15-16-42-21-28-11-9-10-12-29(28)22-42)38(25(4)32(44)19-34(45)49-33)50-39-37(47)35(41(6)7)36(46)26(5)48-39/h9-14,17,24-27,30,32-33,35-39,44,46-47H,8,15-16,18-22H2,1-7H3/b14-13-,23-17-/t24-,25+,26-,27+,30-,32-,33-,35+,36-,37-,38-,39+/m1/s1. The van der Waals surface area contributed by atoms with Crippen LogP contribution in [0.2, 0.25) is 0 Å². The molecule has 280 valence electrons. The lowest BCUT2D eigenvalue weighted by molar-refractivity contribution is -0.304. The summed E-state index contributed by atoms with van der Waals surface area (Å²) in [5.74, 6) is -1.73. The summed E-state index contributed by atoms with van der Waals surface area (Å²) in [6.07, 6.45) is 0.972. The Morgan fingerprint density at radius 1 is 1.02 bits per heavy atom. The van der Waals surface area contributed by atoms with Gasteiger partial charge < -0.3 is 34.4 Å². The van der Waals surface area contributed by atoms with E-state index in [9.17, 15) is 24.9 Å². The van der Waals surface area contributed by atoms with Crippen molar-refractivity contribution in [3.63, 3.8) is 0 Å². The van der Waals surface area contributed by atoms with Crippen molar-refractivity contribution in [3.05, 3.63) is 59.2 Å². The fourth-order valence-electron chi connectivity index (χ4n) is 7.74. The van der Waals surface area contributed by atoms with Crippen molar-refractivity contribution in [1.82, 2.24) is 9.80 Å². The van der Waals surface area contributed by atoms with Gasteiger partial charge in [-0.2, -0.15) is 0 Å². The number of cyclic esters (lactones) is 1. The second kappa shape index (κ2) is 18.9. The van der Waals surface area contributed by atoms with Crippen LogP contribution in [0, 0.1) is 23.7 Å². The van der Waals surface area contributed by atoms with E-state index >= 15 is 0 Å². The molecule has 3 aliphatic heterocycles. The van der Waals surface area contributed by atoms with Crippen LogP contribution in [-0.2, 0) is 36.9 Å². The Labute approximate surface area is 312 Å². The molecule has 0 unspecified atom stereocenters. The third kappa shape index (κ3) is 10.5. The minimum Gasteiger partial charge on any atom is -0.462 e. The Morgan fingerprint density at radius 2 is 1.68 bits per heavy atom. The van der Waals surface area contributed by atoms with Gasteiger partial charge in [0.05, 0.1) is 36.9 Å². The number of nitrogens with zero attached hydrogens (tertiary/aromatic N) is 2. The van der Waals surface area contributed by atoms with Gasteiger partial charge >= 0.3 is 5.97 Å². The molecule has 10 nitrogen and oxygen atoms in total. The van der Waals surface area contributed by atoms with Gasteiger partial charge in [-0.25, -0.2) is 0 Å². The highest BCUT2D eigenvalue weighted by molar-refractivity contribution is 14.1. The van der Waals surface area contributed by atoms with Gasteiger partial charge in [0.1, 0.15) is 12.2 Å². The first-order valence-corrected chi connectivity index (χ1v) is 19.7. The maximum absolute atomic E-state index is 13.6. The zero-order valence-electron chi connectivity index (χ0n) is 30.8. The van der Waals surface area contributed by atoms with Crippen LogP contribution in [0.4, 0.5) is 0 Å². The number of carbonyl (C=O) groups is 2. The lowest BCUT2D eigenvalue weighted by Gasteiger charge is -2.46. The van der Waals surface area contributed by atoms with Crippen LogP contribution in [0.25, 0.3) is 0 Å². The Morgan fingerprint density at radius 3 is 2.28 bits per heavy atom. The number of aliphatic hydroxyl groups is 3. The molecule has 3 N–H and O–H groups in total. The van der Waals surface area contributed by atoms with E-state index in [2.05, 4.69) is 57.8 Å². The predicted octanol–water partition coefficient (Wildman–Crippen LogP) is 4.66. The number of hydrogen-bond donors (Lipinski definition) is 3. The number of carbonyl (C=O) groups excluding carboxylic acids is 2. The van der Waals surface area contributed by atoms with Crippen molar-refractivity contribution in [2.24, 2.45) is 23.7 Å². The fraction of sp³-hybridized carbons (Fsp3) is 0.692. The van der Waals surface area contributed by atoms with Crippen molar-refractivity contribution < 1.29 is 39.1 Å². The molecule has 11 heteroatoms. The number of fused-ring (bicyclic) bond motifs is 1. The molecule has 50 heavy (non-hydrogen) atoms. The van der Waals surface area contributed by atoms with Crippen LogP contribution in [0.1, 0.15) is 71.4 Å². The number of aliphatic hydroxyl groups excluding tert-OH is 3. The van der Waals surface area contributed by atoms with Crippen LogP contribution in [-0.4, -0.2) is 111 Å². The van der Waals surface area contributed by atoms with Crippen molar-refractivity contribution in [2.75, 3.05) is 25.1 Å². The minimum absolute atomic E-state index is 0.00164. The molecule has 0 aromatic heterocycles. The summed E-state index contributed by atoms with van der Waals surface area (Å²) in [6.45, 7) is 11.8. The lowest BCUT2D eigenvalue weighted by Crippen LogP contribution is -2.63. The molecule has 0 saturated carbocycles. The van der Waals surface area contributed by atoms with E-state index in [1.54, 1.807) is 32.0 Å². The van der Waals surface area contributed by atoms with Gasteiger partial charge in [0.15, 0.2) is 12.1 Å². The fourth-order valence-corrected chi connectivity index (χ4v) is 8.56. The van der Waals surface area contributed by atoms with Crippen LogP contribution in [0.5, 0.6) is 0 Å². The number of hydrogen-bond acceptors (Lipinski definition) is 10.